The summed E-state index contributed by atoms with van der Waals surface area (Å²) in [5.74, 6) is -1.32. The number of benzene rings is 1. The summed E-state index contributed by atoms with van der Waals surface area (Å²) in [6.45, 7) is 0. The van der Waals surface area contributed by atoms with Crippen LogP contribution in [0.1, 0.15) is 0 Å². The first-order valence-corrected chi connectivity index (χ1v) is 7.81. The van der Waals surface area contributed by atoms with Crippen LogP contribution in [-0.2, 0) is 10.0 Å². The SMILES string of the molecule is COc1ccc(NS(=O)(=O)c2cc([N+](=O)[O-])c(OC)cc2F)cn1. The molecular formula is C13H12FN3O6S. The van der Waals surface area contributed by atoms with E-state index in [1.54, 1.807) is 0 Å². The van der Waals surface area contributed by atoms with Crippen LogP contribution in [0.3, 0.4) is 0 Å². The molecule has 1 heterocycles. The molecule has 0 bridgehead atoms. The normalized spacial score (nSPS) is 11.0. The van der Waals surface area contributed by atoms with E-state index < -0.39 is 31.3 Å². The third-order valence-corrected chi connectivity index (χ3v) is 4.31. The second-order valence-corrected chi connectivity index (χ2v) is 6.06. The molecule has 9 nitrogen and oxygen atoms in total. The number of nitro benzene ring substituents is 1. The number of anilines is 1. The second-order valence-electron chi connectivity index (χ2n) is 4.41. The van der Waals surface area contributed by atoms with E-state index in [0.717, 1.165) is 13.3 Å². The van der Waals surface area contributed by atoms with E-state index in [1.807, 2.05) is 0 Å². The molecule has 0 atom stereocenters. The number of methoxy groups -OCH3 is 2. The predicted molar refractivity (Wildman–Crippen MR) is 81.2 cm³/mol. The van der Waals surface area contributed by atoms with Crippen molar-refractivity contribution in [3.05, 3.63) is 46.4 Å². The number of hydrogen-bond donors (Lipinski definition) is 1. The molecule has 1 aromatic carbocycles. The van der Waals surface area contributed by atoms with E-state index >= 15 is 0 Å². The minimum atomic E-state index is -4.41. The molecule has 0 spiro atoms. The van der Waals surface area contributed by atoms with Gasteiger partial charge in [-0.05, 0) is 6.07 Å². The number of hydrogen-bond acceptors (Lipinski definition) is 7. The Morgan fingerprint density at radius 1 is 1.25 bits per heavy atom. The lowest BCUT2D eigenvalue weighted by atomic mass is 10.3. The van der Waals surface area contributed by atoms with Gasteiger partial charge >= 0.3 is 5.69 Å². The molecule has 0 unspecified atom stereocenters. The Bertz CT molecular complexity index is 870. The van der Waals surface area contributed by atoms with Crippen molar-refractivity contribution in [2.24, 2.45) is 0 Å². The highest BCUT2D eigenvalue weighted by Crippen LogP contribution is 2.32. The highest BCUT2D eigenvalue weighted by molar-refractivity contribution is 7.92. The van der Waals surface area contributed by atoms with Crippen LogP contribution < -0.4 is 14.2 Å². The van der Waals surface area contributed by atoms with Crippen molar-refractivity contribution in [2.45, 2.75) is 4.90 Å². The maximum Gasteiger partial charge on any atom is 0.312 e. The van der Waals surface area contributed by atoms with Crippen LogP contribution in [0, 0.1) is 15.9 Å². The zero-order valence-corrected chi connectivity index (χ0v) is 13.3. The number of pyridine rings is 1. The molecule has 0 amide bonds. The fourth-order valence-electron chi connectivity index (χ4n) is 1.81. The summed E-state index contributed by atoms with van der Waals surface area (Å²) in [5.41, 5.74) is -0.638. The number of ether oxygens (including phenoxy) is 2. The molecule has 0 saturated heterocycles. The van der Waals surface area contributed by atoms with Crippen LogP contribution in [-0.4, -0.2) is 32.5 Å². The van der Waals surface area contributed by atoms with Crippen LogP contribution in [0.2, 0.25) is 0 Å². The Labute approximate surface area is 136 Å². The topological polar surface area (TPSA) is 121 Å². The number of nitro groups is 1. The molecule has 0 fully saturated rings. The summed E-state index contributed by atoms with van der Waals surface area (Å²) >= 11 is 0. The first-order valence-electron chi connectivity index (χ1n) is 6.33. The lowest BCUT2D eigenvalue weighted by Crippen LogP contribution is -2.15. The van der Waals surface area contributed by atoms with Gasteiger partial charge in [0.15, 0.2) is 5.75 Å². The molecule has 0 radical (unpaired) electrons. The lowest BCUT2D eigenvalue weighted by molar-refractivity contribution is -0.386. The third-order valence-electron chi connectivity index (χ3n) is 2.92. The number of halogens is 1. The summed E-state index contributed by atoms with van der Waals surface area (Å²) in [7, 11) is -1.92. The highest BCUT2D eigenvalue weighted by Gasteiger charge is 2.27. The summed E-state index contributed by atoms with van der Waals surface area (Å²) in [5, 5.41) is 11.0. The van der Waals surface area contributed by atoms with E-state index in [-0.39, 0.29) is 17.3 Å². The summed E-state index contributed by atoms with van der Waals surface area (Å²) in [6, 6.07) is 3.97. The Hall–Kier alpha value is -2.95. The average Bonchev–Trinajstić information content (AvgIpc) is 2.54. The Morgan fingerprint density at radius 2 is 1.96 bits per heavy atom. The number of sulfonamides is 1. The number of nitrogens with one attached hydrogen (secondary N) is 1. The van der Waals surface area contributed by atoms with Gasteiger partial charge < -0.3 is 9.47 Å². The second kappa shape index (κ2) is 6.66. The van der Waals surface area contributed by atoms with Gasteiger partial charge in [0, 0.05) is 18.2 Å². The van der Waals surface area contributed by atoms with Crippen molar-refractivity contribution in [2.75, 3.05) is 18.9 Å². The zero-order chi connectivity index (χ0) is 17.9. The van der Waals surface area contributed by atoms with Gasteiger partial charge in [-0.15, -0.1) is 0 Å². The lowest BCUT2D eigenvalue weighted by Gasteiger charge is -2.10. The van der Waals surface area contributed by atoms with E-state index in [2.05, 4.69) is 14.4 Å². The molecule has 0 aliphatic carbocycles. The molecule has 128 valence electrons. The molecule has 2 aromatic rings. The minimum Gasteiger partial charge on any atom is -0.490 e. The number of rotatable bonds is 6. The van der Waals surface area contributed by atoms with Crippen molar-refractivity contribution in [3.8, 4) is 11.6 Å². The molecule has 1 N–H and O–H groups in total. The summed E-state index contributed by atoms with van der Waals surface area (Å²) in [6.07, 6.45) is 1.16. The highest BCUT2D eigenvalue weighted by atomic mass is 32.2. The number of nitrogens with zero attached hydrogens (tertiary/aromatic N) is 2. The van der Waals surface area contributed by atoms with E-state index in [9.17, 15) is 22.9 Å². The van der Waals surface area contributed by atoms with Gasteiger partial charge in [0.2, 0.25) is 5.88 Å². The largest absolute Gasteiger partial charge is 0.490 e. The maximum absolute atomic E-state index is 14.0. The summed E-state index contributed by atoms with van der Waals surface area (Å²) in [4.78, 5) is 13.0. The van der Waals surface area contributed by atoms with Gasteiger partial charge in [0.25, 0.3) is 10.0 Å². The number of aromatic nitrogens is 1. The van der Waals surface area contributed by atoms with Crippen molar-refractivity contribution in [1.82, 2.24) is 4.98 Å². The minimum absolute atomic E-state index is 0.0358. The molecular weight excluding hydrogens is 345 g/mol. The molecule has 0 aliphatic rings. The predicted octanol–water partition coefficient (Wildman–Crippen LogP) is 1.95. The van der Waals surface area contributed by atoms with E-state index in [4.69, 9.17) is 4.74 Å². The van der Waals surface area contributed by atoms with Crippen LogP contribution in [0.15, 0.2) is 35.4 Å². The van der Waals surface area contributed by atoms with Gasteiger partial charge in [0.1, 0.15) is 10.7 Å². The van der Waals surface area contributed by atoms with Crippen LogP contribution >= 0.6 is 0 Å². The van der Waals surface area contributed by atoms with Gasteiger partial charge in [-0.2, -0.15) is 0 Å². The standard InChI is InChI=1S/C13H12FN3O6S/c1-22-11-5-9(14)12(6-10(11)17(18)19)24(20,21)16-8-3-4-13(23-2)15-7-8/h3-7,16H,1-2H3. The van der Waals surface area contributed by atoms with Crippen molar-refractivity contribution in [1.29, 1.82) is 0 Å². The fraction of sp³-hybridized carbons (Fsp3) is 0.154. The monoisotopic (exact) mass is 357 g/mol. The molecule has 0 aliphatic heterocycles. The van der Waals surface area contributed by atoms with Crippen molar-refractivity contribution >= 4 is 21.4 Å². The summed E-state index contributed by atoms with van der Waals surface area (Å²) < 4.78 is 50.2. The van der Waals surface area contributed by atoms with Crippen LogP contribution in [0.5, 0.6) is 11.6 Å². The van der Waals surface area contributed by atoms with Crippen LogP contribution in [0.25, 0.3) is 0 Å². The van der Waals surface area contributed by atoms with Gasteiger partial charge in [-0.3, -0.25) is 14.8 Å². The van der Waals surface area contributed by atoms with Crippen molar-refractivity contribution in [3.63, 3.8) is 0 Å². The molecule has 0 saturated carbocycles. The molecule has 1 aromatic heterocycles. The zero-order valence-electron chi connectivity index (χ0n) is 12.5. The van der Waals surface area contributed by atoms with Gasteiger partial charge in [-0.1, -0.05) is 0 Å². The molecule has 24 heavy (non-hydrogen) atoms. The smallest absolute Gasteiger partial charge is 0.312 e. The van der Waals surface area contributed by atoms with Gasteiger partial charge in [-0.25, -0.2) is 17.8 Å². The van der Waals surface area contributed by atoms with E-state index in [0.29, 0.717) is 12.1 Å². The Kier molecular flexibility index (Phi) is 4.83. The molecule has 2 rings (SSSR count). The fourth-order valence-corrected chi connectivity index (χ4v) is 2.93. The van der Waals surface area contributed by atoms with Gasteiger partial charge in [0.05, 0.1) is 31.0 Å². The van der Waals surface area contributed by atoms with E-state index in [1.165, 1.54) is 19.2 Å². The first kappa shape index (κ1) is 17.4. The maximum atomic E-state index is 14.0. The Morgan fingerprint density at radius 3 is 2.46 bits per heavy atom. The quantitative estimate of drug-likeness (QED) is 0.619. The van der Waals surface area contributed by atoms with Crippen molar-refractivity contribution < 1.29 is 27.2 Å². The average molecular weight is 357 g/mol. The molecule has 11 heteroatoms. The third kappa shape index (κ3) is 3.51. The van der Waals surface area contributed by atoms with Crippen LogP contribution in [0.4, 0.5) is 15.8 Å². The Balaban J connectivity index is 2.44. The first-order chi connectivity index (χ1) is 11.3.